The number of anilines is 1. The van der Waals surface area contributed by atoms with Crippen LogP contribution in [-0.4, -0.2) is 42.7 Å². The number of quaternary nitrogens is 1. The minimum atomic E-state index is -0.607. The number of ether oxygens (including phenoxy) is 1. The number of halogens is 2. The highest BCUT2D eigenvalue weighted by molar-refractivity contribution is 6.30. The van der Waals surface area contributed by atoms with Gasteiger partial charge in [0, 0.05) is 12.1 Å². The van der Waals surface area contributed by atoms with Gasteiger partial charge in [-0.05, 0) is 30.3 Å². The van der Waals surface area contributed by atoms with Crippen LogP contribution in [0.15, 0.2) is 47.3 Å². The summed E-state index contributed by atoms with van der Waals surface area (Å²) in [6, 6.07) is 11.1. The third kappa shape index (κ3) is 5.60. The summed E-state index contributed by atoms with van der Waals surface area (Å²) in [7, 11) is 1.57. The molecule has 0 bridgehead atoms. The molecule has 1 atom stereocenters. The number of carbonyl (C=O) groups is 1. The first-order chi connectivity index (χ1) is 14.0. The molecule has 3 aromatic rings. The second-order valence-electron chi connectivity index (χ2n) is 6.55. The topological polar surface area (TPSA) is 88.5 Å². The number of H-pyrrole nitrogens is 1. The molecule has 1 unspecified atom stereocenters. The maximum Gasteiger partial charge on any atom is 0.279 e. The van der Waals surface area contributed by atoms with Gasteiger partial charge < -0.3 is 19.9 Å². The van der Waals surface area contributed by atoms with E-state index >= 15 is 0 Å². The van der Waals surface area contributed by atoms with Crippen molar-refractivity contribution in [3.63, 3.8) is 0 Å². The van der Waals surface area contributed by atoms with Gasteiger partial charge in [-0.3, -0.25) is 9.59 Å². The normalized spacial score (nSPS) is 12.1. The number of fused-ring (bicyclic) bond motifs is 1. The second kappa shape index (κ2) is 9.60. The van der Waals surface area contributed by atoms with Crippen molar-refractivity contribution in [2.24, 2.45) is 0 Å². The monoisotopic (exact) mass is 419 g/mol. The fourth-order valence-electron chi connectivity index (χ4n) is 2.95. The minimum absolute atomic E-state index is 0.0436. The number of hydrogen-bond acceptors (Lipinski definition) is 4. The molecule has 0 spiro atoms. The zero-order chi connectivity index (χ0) is 20.8. The molecule has 7 nitrogen and oxygen atoms in total. The fraction of sp³-hybridized carbons (Fsp3) is 0.250. The van der Waals surface area contributed by atoms with Crippen LogP contribution in [-0.2, 0) is 16.1 Å². The zero-order valence-corrected chi connectivity index (χ0v) is 16.6. The van der Waals surface area contributed by atoms with Gasteiger partial charge in [-0.25, -0.2) is 9.37 Å². The Balaban J connectivity index is 1.74. The Hall–Kier alpha value is -2.81. The highest BCUT2D eigenvalue weighted by Crippen LogP contribution is 2.18. The lowest BCUT2D eigenvalue weighted by molar-refractivity contribution is -0.906. The van der Waals surface area contributed by atoms with Gasteiger partial charge in [-0.15, -0.1) is 0 Å². The number of aromatic amines is 1. The van der Waals surface area contributed by atoms with Gasteiger partial charge in [-0.2, -0.15) is 0 Å². The van der Waals surface area contributed by atoms with E-state index in [1.807, 2.05) is 6.07 Å². The molecule has 29 heavy (non-hydrogen) atoms. The lowest BCUT2D eigenvalue weighted by Gasteiger charge is -2.18. The molecule has 3 N–H and O–H groups in total. The van der Waals surface area contributed by atoms with E-state index in [4.69, 9.17) is 16.3 Å². The molecular formula is C20H21ClFN4O3+. The highest BCUT2D eigenvalue weighted by atomic mass is 35.5. The van der Waals surface area contributed by atoms with Crippen LogP contribution < -0.4 is 15.8 Å². The molecule has 0 saturated heterocycles. The van der Waals surface area contributed by atoms with E-state index in [-0.39, 0.29) is 28.7 Å². The van der Waals surface area contributed by atoms with E-state index in [1.54, 1.807) is 25.3 Å². The van der Waals surface area contributed by atoms with Crippen LogP contribution in [0.25, 0.3) is 10.9 Å². The van der Waals surface area contributed by atoms with Gasteiger partial charge in [0.1, 0.15) is 18.9 Å². The van der Waals surface area contributed by atoms with Crippen LogP contribution in [0.5, 0.6) is 0 Å². The average Bonchev–Trinajstić information content (AvgIpc) is 2.68. The maximum atomic E-state index is 13.9. The molecule has 0 aliphatic carbocycles. The van der Waals surface area contributed by atoms with Gasteiger partial charge in [0.05, 0.1) is 23.2 Å². The van der Waals surface area contributed by atoms with Crippen LogP contribution in [0, 0.1) is 5.82 Å². The summed E-state index contributed by atoms with van der Waals surface area (Å²) in [5, 5.41) is 3.30. The number of rotatable bonds is 8. The molecule has 0 saturated carbocycles. The zero-order valence-electron chi connectivity index (χ0n) is 15.8. The summed E-state index contributed by atoms with van der Waals surface area (Å²) < 4.78 is 19.0. The van der Waals surface area contributed by atoms with E-state index in [0.29, 0.717) is 36.4 Å². The maximum absolute atomic E-state index is 13.9. The van der Waals surface area contributed by atoms with E-state index in [9.17, 15) is 14.0 Å². The summed E-state index contributed by atoms with van der Waals surface area (Å²) in [4.78, 5) is 32.7. The van der Waals surface area contributed by atoms with E-state index in [2.05, 4.69) is 15.3 Å². The molecule has 9 heteroatoms. The number of methoxy groups -OCH3 is 1. The van der Waals surface area contributed by atoms with Gasteiger partial charge in [0.25, 0.3) is 11.5 Å². The number of hydrogen-bond donors (Lipinski definition) is 3. The van der Waals surface area contributed by atoms with Crippen molar-refractivity contribution in [2.75, 3.05) is 32.1 Å². The van der Waals surface area contributed by atoms with E-state index in [0.717, 1.165) is 11.0 Å². The van der Waals surface area contributed by atoms with Crippen molar-refractivity contribution in [2.45, 2.75) is 6.54 Å². The number of aromatic nitrogens is 2. The van der Waals surface area contributed by atoms with Gasteiger partial charge in [0.15, 0.2) is 12.4 Å². The Morgan fingerprint density at radius 1 is 1.31 bits per heavy atom. The van der Waals surface area contributed by atoms with Crippen LogP contribution in [0.2, 0.25) is 5.02 Å². The molecule has 0 radical (unpaired) electrons. The Morgan fingerprint density at radius 3 is 2.86 bits per heavy atom. The number of amides is 1. The molecule has 1 heterocycles. The summed E-state index contributed by atoms with van der Waals surface area (Å²) in [6.45, 7) is 1.27. The van der Waals surface area contributed by atoms with Crippen LogP contribution >= 0.6 is 11.6 Å². The predicted molar refractivity (Wildman–Crippen MR) is 109 cm³/mol. The number of nitrogens with zero attached hydrogens (tertiary/aromatic N) is 1. The minimum Gasteiger partial charge on any atom is -0.379 e. The average molecular weight is 420 g/mol. The predicted octanol–water partition coefficient (Wildman–Crippen LogP) is 1.39. The Bertz CT molecular complexity index is 1070. The standard InChI is InChI=1S/C20H20ClFN4O3/c1-29-9-8-26(12-19(27)24-17-7-6-13(21)10-15(17)22)11-18-23-16-5-3-2-4-14(16)20(28)25-18/h2-7,10H,8-9,11-12H2,1H3,(H,24,27)(H,23,25,28)/p+1. The van der Waals surface area contributed by atoms with Crippen molar-refractivity contribution >= 4 is 34.1 Å². The lowest BCUT2D eigenvalue weighted by Crippen LogP contribution is -3.12. The van der Waals surface area contributed by atoms with E-state index < -0.39 is 5.82 Å². The summed E-state index contributed by atoms with van der Waals surface area (Å²) in [6.07, 6.45) is 0. The Morgan fingerprint density at radius 2 is 2.10 bits per heavy atom. The fourth-order valence-corrected chi connectivity index (χ4v) is 3.11. The number of para-hydroxylation sites is 1. The van der Waals surface area contributed by atoms with Crippen molar-refractivity contribution in [1.82, 2.24) is 9.97 Å². The molecule has 2 aromatic carbocycles. The first-order valence-corrected chi connectivity index (χ1v) is 9.39. The Labute approximate surface area is 171 Å². The number of benzene rings is 2. The highest BCUT2D eigenvalue weighted by Gasteiger charge is 2.18. The molecule has 0 aliphatic rings. The first-order valence-electron chi connectivity index (χ1n) is 9.01. The van der Waals surface area contributed by atoms with Crippen LogP contribution in [0.3, 0.4) is 0 Å². The van der Waals surface area contributed by atoms with Crippen molar-refractivity contribution < 1.29 is 18.8 Å². The van der Waals surface area contributed by atoms with Gasteiger partial charge in [-0.1, -0.05) is 23.7 Å². The Kier molecular flexibility index (Phi) is 6.92. The molecular weight excluding hydrogens is 399 g/mol. The smallest absolute Gasteiger partial charge is 0.279 e. The van der Waals surface area contributed by atoms with Crippen molar-refractivity contribution in [3.05, 3.63) is 69.5 Å². The number of nitrogens with one attached hydrogen (secondary N) is 3. The quantitative estimate of drug-likeness (QED) is 0.515. The van der Waals surface area contributed by atoms with Gasteiger partial charge >= 0.3 is 0 Å². The molecule has 152 valence electrons. The molecule has 0 fully saturated rings. The SMILES string of the molecule is COCC[NH+](CC(=O)Nc1ccc(Cl)cc1F)Cc1nc2ccccc2c(=O)[nH]1. The van der Waals surface area contributed by atoms with Crippen LogP contribution in [0.4, 0.5) is 10.1 Å². The summed E-state index contributed by atoms with van der Waals surface area (Å²) in [5.74, 6) is -0.518. The molecule has 0 aliphatic heterocycles. The third-order valence-electron chi connectivity index (χ3n) is 4.35. The first kappa shape index (κ1) is 20.9. The molecule has 1 aromatic heterocycles. The van der Waals surface area contributed by atoms with Gasteiger partial charge in [0.2, 0.25) is 0 Å². The van der Waals surface area contributed by atoms with Crippen LogP contribution in [0.1, 0.15) is 5.82 Å². The second-order valence-corrected chi connectivity index (χ2v) is 6.98. The summed E-state index contributed by atoms with van der Waals surface area (Å²) >= 11 is 5.73. The van der Waals surface area contributed by atoms with E-state index in [1.165, 1.54) is 12.1 Å². The summed E-state index contributed by atoms with van der Waals surface area (Å²) in [5.41, 5.74) is 0.414. The molecule has 3 rings (SSSR count). The lowest BCUT2D eigenvalue weighted by atomic mass is 10.2. The third-order valence-corrected chi connectivity index (χ3v) is 4.59. The largest absolute Gasteiger partial charge is 0.379 e. The van der Waals surface area contributed by atoms with Crippen molar-refractivity contribution in [1.29, 1.82) is 0 Å². The number of carbonyl (C=O) groups excluding carboxylic acids is 1. The van der Waals surface area contributed by atoms with Crippen molar-refractivity contribution in [3.8, 4) is 0 Å². The molecule has 1 amide bonds.